The highest BCUT2D eigenvalue weighted by molar-refractivity contribution is 5.91. The number of fused-ring (bicyclic) bond motifs is 2. The SMILES string of the molecule is CCn1cc(CCNCC(C)c2cn(CC)c3cc(F)cc(OC)c23)c2c(OC)cc(F)cc21. The van der Waals surface area contributed by atoms with Crippen molar-refractivity contribution in [2.75, 3.05) is 27.3 Å². The molecule has 1 atom stereocenters. The average Bonchev–Trinajstić information content (AvgIpc) is 3.38. The molecule has 182 valence electrons. The molecular weight excluding hydrogens is 436 g/mol. The zero-order chi connectivity index (χ0) is 24.4. The third kappa shape index (κ3) is 4.37. The lowest BCUT2D eigenvalue weighted by molar-refractivity contribution is 0.416. The maximum Gasteiger partial charge on any atom is 0.131 e. The summed E-state index contributed by atoms with van der Waals surface area (Å²) in [6, 6.07) is 6.04. The third-order valence-corrected chi connectivity index (χ3v) is 6.60. The Morgan fingerprint density at radius 2 is 1.41 bits per heavy atom. The molecule has 1 N–H and O–H groups in total. The van der Waals surface area contributed by atoms with Crippen molar-refractivity contribution in [3.05, 3.63) is 59.4 Å². The number of benzene rings is 2. The van der Waals surface area contributed by atoms with Gasteiger partial charge in [-0.2, -0.15) is 0 Å². The predicted molar refractivity (Wildman–Crippen MR) is 133 cm³/mol. The molecule has 1 unspecified atom stereocenters. The van der Waals surface area contributed by atoms with Gasteiger partial charge in [0.15, 0.2) is 0 Å². The van der Waals surface area contributed by atoms with Crippen LogP contribution in [0.15, 0.2) is 36.7 Å². The van der Waals surface area contributed by atoms with Crippen LogP contribution in [0.4, 0.5) is 8.78 Å². The van der Waals surface area contributed by atoms with E-state index >= 15 is 0 Å². The van der Waals surface area contributed by atoms with Gasteiger partial charge in [0.2, 0.25) is 0 Å². The quantitative estimate of drug-likeness (QED) is 0.296. The number of halogens is 2. The summed E-state index contributed by atoms with van der Waals surface area (Å²) in [5.74, 6) is 0.747. The normalized spacial score (nSPS) is 12.6. The van der Waals surface area contributed by atoms with Crippen LogP contribution in [0.25, 0.3) is 21.8 Å². The van der Waals surface area contributed by atoms with Crippen molar-refractivity contribution in [3.63, 3.8) is 0 Å². The van der Waals surface area contributed by atoms with Crippen LogP contribution in [-0.2, 0) is 19.5 Å². The molecule has 0 fully saturated rings. The summed E-state index contributed by atoms with van der Waals surface area (Å²) in [7, 11) is 3.16. The lowest BCUT2D eigenvalue weighted by Gasteiger charge is -2.14. The van der Waals surface area contributed by atoms with E-state index in [9.17, 15) is 8.78 Å². The average molecular weight is 470 g/mol. The first-order chi connectivity index (χ1) is 16.4. The second-order valence-corrected chi connectivity index (χ2v) is 8.67. The fraction of sp³-hybridized carbons (Fsp3) is 0.407. The van der Waals surface area contributed by atoms with Gasteiger partial charge in [0, 0.05) is 54.9 Å². The fourth-order valence-electron chi connectivity index (χ4n) is 4.89. The summed E-state index contributed by atoms with van der Waals surface area (Å²) in [4.78, 5) is 0. The van der Waals surface area contributed by atoms with Crippen molar-refractivity contribution in [3.8, 4) is 11.5 Å². The molecule has 0 aliphatic heterocycles. The van der Waals surface area contributed by atoms with Crippen molar-refractivity contribution in [2.45, 2.75) is 46.2 Å². The fourth-order valence-corrected chi connectivity index (χ4v) is 4.89. The largest absolute Gasteiger partial charge is 0.496 e. The van der Waals surface area contributed by atoms with Gasteiger partial charge in [0.25, 0.3) is 0 Å². The minimum absolute atomic E-state index is 0.204. The molecule has 4 aromatic rings. The second kappa shape index (κ2) is 10.1. The number of hydrogen-bond donors (Lipinski definition) is 1. The highest BCUT2D eigenvalue weighted by atomic mass is 19.1. The van der Waals surface area contributed by atoms with E-state index in [1.165, 1.54) is 12.1 Å². The van der Waals surface area contributed by atoms with E-state index in [0.717, 1.165) is 65.5 Å². The Morgan fingerprint density at radius 1 is 0.853 bits per heavy atom. The zero-order valence-corrected chi connectivity index (χ0v) is 20.5. The molecule has 0 spiro atoms. The Labute approximate surface area is 199 Å². The van der Waals surface area contributed by atoms with Crippen molar-refractivity contribution in [2.24, 2.45) is 0 Å². The first-order valence-corrected chi connectivity index (χ1v) is 11.8. The van der Waals surface area contributed by atoms with E-state index in [2.05, 4.69) is 40.7 Å². The van der Waals surface area contributed by atoms with Crippen molar-refractivity contribution >= 4 is 21.8 Å². The highest BCUT2D eigenvalue weighted by Crippen LogP contribution is 2.36. The molecule has 0 saturated carbocycles. The molecule has 0 saturated heterocycles. The molecule has 34 heavy (non-hydrogen) atoms. The first-order valence-electron chi connectivity index (χ1n) is 11.8. The maximum absolute atomic E-state index is 14.1. The molecule has 0 aliphatic carbocycles. The number of ether oxygens (including phenoxy) is 2. The molecule has 4 rings (SSSR count). The van der Waals surface area contributed by atoms with E-state index < -0.39 is 0 Å². The van der Waals surface area contributed by atoms with Gasteiger partial charge in [-0.05, 0) is 56.0 Å². The minimum Gasteiger partial charge on any atom is -0.496 e. The summed E-state index contributed by atoms with van der Waals surface area (Å²) < 4.78 is 43.3. The molecule has 0 radical (unpaired) electrons. The number of nitrogens with one attached hydrogen (secondary N) is 1. The van der Waals surface area contributed by atoms with E-state index in [1.807, 2.05) is 6.92 Å². The lowest BCUT2D eigenvalue weighted by atomic mass is 9.99. The van der Waals surface area contributed by atoms with E-state index in [4.69, 9.17) is 9.47 Å². The number of aryl methyl sites for hydroxylation is 2. The Hall–Kier alpha value is -3.06. The molecule has 0 amide bonds. The van der Waals surface area contributed by atoms with Crippen LogP contribution in [0.5, 0.6) is 11.5 Å². The summed E-state index contributed by atoms with van der Waals surface area (Å²) >= 11 is 0. The lowest BCUT2D eigenvalue weighted by Crippen LogP contribution is -2.22. The van der Waals surface area contributed by atoms with Gasteiger partial charge in [-0.15, -0.1) is 0 Å². The number of aromatic nitrogens is 2. The summed E-state index contributed by atoms with van der Waals surface area (Å²) in [5, 5.41) is 5.51. The summed E-state index contributed by atoms with van der Waals surface area (Å²) in [5.41, 5.74) is 3.98. The van der Waals surface area contributed by atoms with Crippen LogP contribution in [0.1, 0.15) is 37.8 Å². The number of nitrogens with zero attached hydrogens (tertiary/aromatic N) is 2. The van der Waals surface area contributed by atoms with Crippen molar-refractivity contribution in [1.82, 2.24) is 14.5 Å². The molecule has 2 aromatic heterocycles. The molecule has 2 aromatic carbocycles. The third-order valence-electron chi connectivity index (χ3n) is 6.60. The summed E-state index contributed by atoms with van der Waals surface area (Å²) in [6.07, 6.45) is 4.99. The Morgan fingerprint density at radius 3 is 2.00 bits per heavy atom. The molecular formula is C27H33F2N3O2. The Bertz CT molecular complexity index is 1310. The van der Waals surface area contributed by atoms with Gasteiger partial charge < -0.3 is 23.9 Å². The number of methoxy groups -OCH3 is 2. The molecule has 5 nitrogen and oxygen atoms in total. The van der Waals surface area contributed by atoms with Gasteiger partial charge in [-0.3, -0.25) is 0 Å². The van der Waals surface area contributed by atoms with Crippen LogP contribution in [0.2, 0.25) is 0 Å². The monoisotopic (exact) mass is 469 g/mol. The minimum atomic E-state index is -0.295. The first kappa shape index (κ1) is 24.1. The molecule has 7 heteroatoms. The molecule has 2 heterocycles. The summed E-state index contributed by atoms with van der Waals surface area (Å²) in [6.45, 7) is 9.32. The predicted octanol–water partition coefficient (Wildman–Crippen LogP) is 5.87. The van der Waals surface area contributed by atoms with Gasteiger partial charge in [0.05, 0.1) is 25.3 Å². The van der Waals surface area contributed by atoms with Gasteiger partial charge in [0.1, 0.15) is 23.1 Å². The van der Waals surface area contributed by atoms with E-state index in [1.54, 1.807) is 26.4 Å². The van der Waals surface area contributed by atoms with Crippen LogP contribution < -0.4 is 14.8 Å². The second-order valence-electron chi connectivity index (χ2n) is 8.67. The number of hydrogen-bond acceptors (Lipinski definition) is 3. The topological polar surface area (TPSA) is 40.4 Å². The van der Waals surface area contributed by atoms with Crippen LogP contribution in [-0.4, -0.2) is 36.4 Å². The van der Waals surface area contributed by atoms with Gasteiger partial charge in [-0.1, -0.05) is 6.92 Å². The maximum atomic E-state index is 14.1. The van der Waals surface area contributed by atoms with E-state index in [-0.39, 0.29) is 17.6 Å². The zero-order valence-electron chi connectivity index (χ0n) is 20.5. The van der Waals surface area contributed by atoms with Crippen LogP contribution in [0.3, 0.4) is 0 Å². The molecule has 0 aliphatic rings. The molecule has 0 bridgehead atoms. The Kier molecular flexibility index (Phi) is 7.12. The number of rotatable bonds is 10. The van der Waals surface area contributed by atoms with Crippen molar-refractivity contribution in [1.29, 1.82) is 0 Å². The highest BCUT2D eigenvalue weighted by Gasteiger charge is 2.19. The Balaban J connectivity index is 1.51. The van der Waals surface area contributed by atoms with E-state index in [0.29, 0.717) is 11.5 Å². The smallest absolute Gasteiger partial charge is 0.131 e. The van der Waals surface area contributed by atoms with Crippen LogP contribution >= 0.6 is 0 Å². The van der Waals surface area contributed by atoms with Crippen molar-refractivity contribution < 1.29 is 18.3 Å². The van der Waals surface area contributed by atoms with Gasteiger partial charge >= 0.3 is 0 Å². The standard InChI is InChI=1S/C27H33F2N3O2/c1-6-31-15-18(26-22(31)10-19(28)12-24(26)33-4)8-9-30-14-17(3)21-16-32(7-2)23-11-20(29)13-25(34-5)27(21)23/h10-13,15-17,30H,6-9,14H2,1-5H3. The van der Waals surface area contributed by atoms with Gasteiger partial charge in [-0.25, -0.2) is 8.78 Å². The van der Waals surface area contributed by atoms with Crippen LogP contribution in [0, 0.1) is 11.6 Å².